The average molecular weight is 288 g/mol. The van der Waals surface area contributed by atoms with Crippen LogP contribution < -0.4 is 0 Å². The summed E-state index contributed by atoms with van der Waals surface area (Å²) in [5.41, 5.74) is 0.690. The molecule has 1 aromatic carbocycles. The van der Waals surface area contributed by atoms with Gasteiger partial charge in [0.15, 0.2) is 0 Å². The van der Waals surface area contributed by atoms with Gasteiger partial charge in [0.05, 0.1) is 6.61 Å². The van der Waals surface area contributed by atoms with Crippen LogP contribution in [0.3, 0.4) is 0 Å². The van der Waals surface area contributed by atoms with Crippen molar-refractivity contribution in [2.45, 2.75) is 25.4 Å². The van der Waals surface area contributed by atoms with E-state index in [9.17, 15) is 9.50 Å². The minimum atomic E-state index is -0.174. The number of aliphatic hydroxyl groups excluding tert-OH is 1. The van der Waals surface area contributed by atoms with Gasteiger partial charge in [-0.3, -0.25) is 4.90 Å². The van der Waals surface area contributed by atoms with Crippen LogP contribution in [0.5, 0.6) is 0 Å². The summed E-state index contributed by atoms with van der Waals surface area (Å²) in [6.07, 6.45) is 2.09. The SMILES string of the molecule is OC[C@@H]1CCCN1Cc1cc(Br)ccc1F. The summed E-state index contributed by atoms with van der Waals surface area (Å²) in [4.78, 5) is 2.14. The number of benzene rings is 1. The van der Waals surface area contributed by atoms with E-state index in [-0.39, 0.29) is 18.5 Å². The third-order valence-electron chi connectivity index (χ3n) is 3.09. The Balaban J connectivity index is 2.11. The molecule has 1 fully saturated rings. The first-order valence-corrected chi connectivity index (χ1v) is 6.29. The molecule has 2 nitrogen and oxygen atoms in total. The van der Waals surface area contributed by atoms with Crippen molar-refractivity contribution in [3.8, 4) is 0 Å². The molecule has 16 heavy (non-hydrogen) atoms. The van der Waals surface area contributed by atoms with Crippen LogP contribution in [-0.2, 0) is 6.54 Å². The molecule has 0 bridgehead atoms. The number of aliphatic hydroxyl groups is 1. The lowest BCUT2D eigenvalue weighted by Crippen LogP contribution is -2.31. The van der Waals surface area contributed by atoms with Crippen molar-refractivity contribution in [2.24, 2.45) is 0 Å². The van der Waals surface area contributed by atoms with Crippen LogP contribution in [0.1, 0.15) is 18.4 Å². The fourth-order valence-corrected chi connectivity index (χ4v) is 2.60. The largest absolute Gasteiger partial charge is 0.395 e. The van der Waals surface area contributed by atoms with Crippen LogP contribution in [0, 0.1) is 5.82 Å². The summed E-state index contributed by atoms with van der Waals surface area (Å²) in [5, 5.41) is 9.19. The molecule has 1 N–H and O–H groups in total. The summed E-state index contributed by atoms with van der Waals surface area (Å²) in [6, 6.07) is 5.18. The fourth-order valence-electron chi connectivity index (χ4n) is 2.19. The van der Waals surface area contributed by atoms with E-state index in [4.69, 9.17) is 0 Å². The average Bonchev–Trinajstić information content (AvgIpc) is 2.71. The molecule has 0 spiro atoms. The molecule has 0 saturated carbocycles. The molecule has 0 amide bonds. The fraction of sp³-hybridized carbons (Fsp3) is 0.500. The van der Waals surface area contributed by atoms with Crippen molar-refractivity contribution in [3.05, 3.63) is 34.1 Å². The van der Waals surface area contributed by atoms with Crippen molar-refractivity contribution in [3.63, 3.8) is 0 Å². The number of halogens is 2. The van der Waals surface area contributed by atoms with E-state index in [1.54, 1.807) is 6.07 Å². The van der Waals surface area contributed by atoms with Gasteiger partial charge in [-0.15, -0.1) is 0 Å². The van der Waals surface area contributed by atoms with E-state index in [0.717, 1.165) is 23.9 Å². The van der Waals surface area contributed by atoms with Gasteiger partial charge in [-0.1, -0.05) is 15.9 Å². The van der Waals surface area contributed by atoms with Gasteiger partial charge < -0.3 is 5.11 Å². The highest BCUT2D eigenvalue weighted by atomic mass is 79.9. The molecule has 0 radical (unpaired) electrons. The van der Waals surface area contributed by atoms with Gasteiger partial charge in [0, 0.05) is 22.6 Å². The summed E-state index contributed by atoms with van der Waals surface area (Å²) < 4.78 is 14.4. The molecule has 1 saturated heterocycles. The normalized spacial score (nSPS) is 21.6. The van der Waals surface area contributed by atoms with Crippen LogP contribution >= 0.6 is 15.9 Å². The van der Waals surface area contributed by atoms with Crippen molar-refractivity contribution in [2.75, 3.05) is 13.2 Å². The Labute approximate surface area is 103 Å². The van der Waals surface area contributed by atoms with E-state index < -0.39 is 0 Å². The number of hydrogen-bond donors (Lipinski definition) is 1. The van der Waals surface area contributed by atoms with Gasteiger partial charge in [-0.2, -0.15) is 0 Å². The van der Waals surface area contributed by atoms with Crippen molar-refractivity contribution in [1.82, 2.24) is 4.90 Å². The highest BCUT2D eigenvalue weighted by Crippen LogP contribution is 2.22. The lowest BCUT2D eigenvalue weighted by Gasteiger charge is -2.22. The predicted octanol–water partition coefficient (Wildman–Crippen LogP) is 2.54. The number of likely N-dealkylation sites (tertiary alicyclic amines) is 1. The van der Waals surface area contributed by atoms with E-state index >= 15 is 0 Å². The molecule has 1 aromatic rings. The van der Waals surface area contributed by atoms with Crippen molar-refractivity contribution >= 4 is 15.9 Å². The third-order valence-corrected chi connectivity index (χ3v) is 3.58. The van der Waals surface area contributed by atoms with E-state index in [2.05, 4.69) is 20.8 Å². The molecule has 1 aliphatic rings. The minimum absolute atomic E-state index is 0.162. The predicted molar refractivity (Wildman–Crippen MR) is 64.6 cm³/mol. The Bertz CT molecular complexity index is 372. The number of hydrogen-bond acceptors (Lipinski definition) is 2. The van der Waals surface area contributed by atoms with Gasteiger partial charge >= 0.3 is 0 Å². The standard InChI is InChI=1S/C12H15BrFNO/c13-10-3-4-12(14)9(6-10)7-15-5-1-2-11(15)8-16/h3-4,6,11,16H,1-2,5,7-8H2/t11-/m0/s1. The Morgan fingerprint density at radius 1 is 1.50 bits per heavy atom. The summed E-state index contributed by atoms with van der Waals surface area (Å²) >= 11 is 3.34. The Morgan fingerprint density at radius 2 is 2.31 bits per heavy atom. The second-order valence-electron chi connectivity index (χ2n) is 4.18. The molecule has 0 unspecified atom stereocenters. The zero-order chi connectivity index (χ0) is 11.5. The molecule has 1 heterocycles. The van der Waals surface area contributed by atoms with Crippen LogP contribution in [0.15, 0.2) is 22.7 Å². The van der Waals surface area contributed by atoms with E-state index in [1.165, 1.54) is 6.07 Å². The van der Waals surface area contributed by atoms with Crippen molar-refractivity contribution < 1.29 is 9.50 Å². The maximum atomic E-state index is 13.5. The monoisotopic (exact) mass is 287 g/mol. The van der Waals surface area contributed by atoms with Crippen LogP contribution in [0.4, 0.5) is 4.39 Å². The van der Waals surface area contributed by atoms with E-state index in [0.29, 0.717) is 12.1 Å². The quantitative estimate of drug-likeness (QED) is 0.924. The zero-order valence-corrected chi connectivity index (χ0v) is 10.6. The molecular weight excluding hydrogens is 273 g/mol. The molecule has 1 aliphatic heterocycles. The smallest absolute Gasteiger partial charge is 0.127 e. The first-order valence-electron chi connectivity index (χ1n) is 5.49. The molecule has 88 valence electrons. The molecule has 0 aromatic heterocycles. The highest BCUT2D eigenvalue weighted by Gasteiger charge is 2.24. The second kappa shape index (κ2) is 5.25. The lowest BCUT2D eigenvalue weighted by atomic mass is 10.2. The van der Waals surface area contributed by atoms with Crippen molar-refractivity contribution in [1.29, 1.82) is 0 Å². The molecule has 4 heteroatoms. The first kappa shape index (κ1) is 12.0. The second-order valence-corrected chi connectivity index (χ2v) is 5.10. The molecule has 2 rings (SSSR count). The molecule has 1 atom stereocenters. The first-order chi connectivity index (χ1) is 7.70. The Hall–Kier alpha value is -0.450. The Kier molecular flexibility index (Phi) is 3.95. The molecular formula is C12H15BrFNO. The summed E-state index contributed by atoms with van der Waals surface area (Å²) in [6.45, 7) is 1.68. The van der Waals surface area contributed by atoms with Gasteiger partial charge in [-0.25, -0.2) is 4.39 Å². The van der Waals surface area contributed by atoms with Gasteiger partial charge in [-0.05, 0) is 37.6 Å². The summed E-state index contributed by atoms with van der Waals surface area (Å²) in [7, 11) is 0. The van der Waals surface area contributed by atoms with Gasteiger partial charge in [0.2, 0.25) is 0 Å². The minimum Gasteiger partial charge on any atom is -0.395 e. The van der Waals surface area contributed by atoms with Crippen LogP contribution in [-0.4, -0.2) is 29.2 Å². The summed E-state index contributed by atoms with van der Waals surface area (Å²) in [5.74, 6) is -0.174. The maximum Gasteiger partial charge on any atom is 0.127 e. The van der Waals surface area contributed by atoms with Crippen LogP contribution in [0.25, 0.3) is 0 Å². The lowest BCUT2D eigenvalue weighted by molar-refractivity contribution is 0.152. The molecule has 0 aliphatic carbocycles. The van der Waals surface area contributed by atoms with E-state index in [1.807, 2.05) is 6.07 Å². The highest BCUT2D eigenvalue weighted by molar-refractivity contribution is 9.10. The third kappa shape index (κ3) is 2.62. The van der Waals surface area contributed by atoms with Gasteiger partial charge in [0.1, 0.15) is 5.82 Å². The number of nitrogens with zero attached hydrogens (tertiary/aromatic N) is 1. The zero-order valence-electron chi connectivity index (χ0n) is 9.00. The topological polar surface area (TPSA) is 23.5 Å². The maximum absolute atomic E-state index is 13.5. The number of rotatable bonds is 3. The Morgan fingerprint density at radius 3 is 3.06 bits per heavy atom. The van der Waals surface area contributed by atoms with Gasteiger partial charge in [0.25, 0.3) is 0 Å². The van der Waals surface area contributed by atoms with Crippen LogP contribution in [0.2, 0.25) is 0 Å².